The number of carbonyl (C=O) groups excluding carboxylic acids is 1. The van der Waals surface area contributed by atoms with Crippen LogP contribution in [-0.2, 0) is 17.8 Å². The third-order valence-electron chi connectivity index (χ3n) is 8.29. The van der Waals surface area contributed by atoms with Crippen LogP contribution >= 0.6 is 0 Å². The molecular weight excluding hydrogens is 605 g/mol. The second kappa shape index (κ2) is 13.8. The first-order valence-corrected chi connectivity index (χ1v) is 15.2. The van der Waals surface area contributed by atoms with Crippen molar-refractivity contribution in [3.8, 4) is 11.5 Å². The van der Waals surface area contributed by atoms with Crippen molar-refractivity contribution < 1.29 is 32.9 Å². The molecule has 0 saturated heterocycles. The number of ether oxygens (including phenoxy) is 1. The molecule has 0 fully saturated rings. The fraction of sp³-hybridized carbons (Fsp3) is 0.237. The third kappa shape index (κ3) is 7.20. The van der Waals surface area contributed by atoms with E-state index < -0.39 is 28.9 Å². The van der Waals surface area contributed by atoms with Crippen LogP contribution in [0.5, 0.6) is 11.5 Å². The lowest BCUT2D eigenvalue weighted by atomic mass is 9.85. The summed E-state index contributed by atoms with van der Waals surface area (Å²) in [6.07, 6.45) is 1.84. The summed E-state index contributed by atoms with van der Waals surface area (Å²) in [5, 5.41) is 24.5. The highest BCUT2D eigenvalue weighted by Crippen LogP contribution is 2.48. The summed E-state index contributed by atoms with van der Waals surface area (Å²) >= 11 is 0. The van der Waals surface area contributed by atoms with Crippen LogP contribution in [0.15, 0.2) is 103 Å². The number of phenols is 1. The number of hydrogen-bond donors (Lipinski definition) is 3. The quantitative estimate of drug-likeness (QED) is 0.152. The molecule has 5 rings (SSSR count). The molecule has 1 atom stereocenters. The van der Waals surface area contributed by atoms with Gasteiger partial charge in [0.25, 0.3) is 0 Å². The molecule has 1 amide bonds. The number of para-hydroxylation sites is 1. The molecule has 4 aromatic rings. The number of aromatic hydroxyl groups is 1. The number of nitrogens with zero attached hydrogens (tertiary/aromatic N) is 1. The molecule has 3 N–H and O–H groups in total. The lowest BCUT2D eigenvalue weighted by Crippen LogP contribution is -2.37. The topological polar surface area (TPSA) is 82.0 Å². The fourth-order valence-corrected chi connectivity index (χ4v) is 5.70. The van der Waals surface area contributed by atoms with Crippen LogP contribution in [0.2, 0.25) is 0 Å². The maximum atomic E-state index is 16.3. The second-order valence-electron chi connectivity index (χ2n) is 12.4. The van der Waals surface area contributed by atoms with E-state index in [0.717, 1.165) is 23.3 Å². The van der Waals surface area contributed by atoms with E-state index in [4.69, 9.17) is 4.74 Å². The predicted octanol–water partition coefficient (Wildman–Crippen LogP) is 8.29. The molecule has 1 unspecified atom stereocenters. The number of carbonyl (C=O) groups is 1. The summed E-state index contributed by atoms with van der Waals surface area (Å²) < 4.78 is 49.1. The molecule has 47 heavy (non-hydrogen) atoms. The Morgan fingerprint density at radius 2 is 1.77 bits per heavy atom. The zero-order valence-electron chi connectivity index (χ0n) is 26.5. The predicted molar refractivity (Wildman–Crippen MR) is 177 cm³/mol. The Hall–Kier alpha value is -5.02. The molecule has 1 aliphatic rings. The minimum Gasteiger partial charge on any atom is -0.506 e. The second-order valence-corrected chi connectivity index (χ2v) is 12.4. The van der Waals surface area contributed by atoms with Gasteiger partial charge in [-0.25, -0.2) is 13.2 Å². The van der Waals surface area contributed by atoms with Gasteiger partial charge >= 0.3 is 0 Å². The average molecular weight is 643 g/mol. The number of hydrogen-bond acceptors (Lipinski definition) is 5. The van der Waals surface area contributed by atoms with Crippen molar-refractivity contribution in [1.82, 2.24) is 0 Å². The number of phenolic OH excluding ortho intramolecular Hbond substituents is 1. The van der Waals surface area contributed by atoms with Crippen LogP contribution in [0.25, 0.3) is 0 Å². The Labute approximate surface area is 272 Å². The van der Waals surface area contributed by atoms with Crippen molar-refractivity contribution in [2.75, 3.05) is 16.8 Å². The SMILES string of the molecule is C=CC1=C(CC(C)(C)CO)Nc2c(O)cccc2N(C(=O)Cc2ccccc2C)C1c1ccc(OCc2ccc(F)c(F)c2)cc1F. The number of nitrogens with one attached hydrogen (secondary N) is 1. The van der Waals surface area contributed by atoms with E-state index in [2.05, 4.69) is 11.9 Å². The van der Waals surface area contributed by atoms with Gasteiger partial charge in [-0.3, -0.25) is 9.69 Å². The highest BCUT2D eigenvalue weighted by Gasteiger charge is 2.38. The van der Waals surface area contributed by atoms with Gasteiger partial charge in [-0.2, -0.15) is 0 Å². The number of benzene rings is 4. The van der Waals surface area contributed by atoms with E-state index in [1.54, 1.807) is 24.3 Å². The molecule has 0 aliphatic carbocycles. The van der Waals surface area contributed by atoms with Crippen LogP contribution in [-0.4, -0.2) is 22.7 Å². The first kappa shape index (κ1) is 33.3. The van der Waals surface area contributed by atoms with Gasteiger partial charge in [-0.1, -0.05) is 62.9 Å². The fourth-order valence-electron chi connectivity index (χ4n) is 5.70. The minimum atomic E-state index is -1.04. The Kier molecular flexibility index (Phi) is 9.77. The average Bonchev–Trinajstić information content (AvgIpc) is 3.17. The van der Waals surface area contributed by atoms with Crippen molar-refractivity contribution in [1.29, 1.82) is 0 Å². The largest absolute Gasteiger partial charge is 0.506 e. The van der Waals surface area contributed by atoms with Crippen molar-refractivity contribution in [3.63, 3.8) is 0 Å². The summed E-state index contributed by atoms with van der Waals surface area (Å²) in [5.74, 6) is -3.00. The number of rotatable bonds is 10. The van der Waals surface area contributed by atoms with Crippen molar-refractivity contribution >= 4 is 17.3 Å². The smallest absolute Gasteiger partial charge is 0.232 e. The van der Waals surface area contributed by atoms with Crippen LogP contribution in [0.1, 0.15) is 48.6 Å². The van der Waals surface area contributed by atoms with Crippen molar-refractivity contribution in [2.45, 2.75) is 46.3 Å². The van der Waals surface area contributed by atoms with Gasteiger partial charge in [-0.05, 0) is 77.4 Å². The highest BCUT2D eigenvalue weighted by atomic mass is 19.2. The summed E-state index contributed by atoms with van der Waals surface area (Å²) in [4.78, 5) is 15.9. The molecule has 9 heteroatoms. The molecular formula is C38H37F3N2O4. The van der Waals surface area contributed by atoms with Crippen LogP contribution in [0.4, 0.5) is 24.5 Å². The van der Waals surface area contributed by atoms with E-state index in [1.807, 2.05) is 45.0 Å². The highest BCUT2D eigenvalue weighted by molar-refractivity contribution is 6.01. The number of aliphatic hydroxyl groups excluding tert-OH is 1. The van der Waals surface area contributed by atoms with Gasteiger partial charge in [0.1, 0.15) is 29.6 Å². The molecule has 4 aromatic carbocycles. The van der Waals surface area contributed by atoms with Gasteiger partial charge in [-0.15, -0.1) is 0 Å². The number of halogens is 3. The molecule has 0 bridgehead atoms. The van der Waals surface area contributed by atoms with Gasteiger partial charge in [0.05, 0.1) is 18.2 Å². The summed E-state index contributed by atoms with van der Waals surface area (Å²) in [5.41, 5.74) is 3.22. The Morgan fingerprint density at radius 1 is 1.00 bits per heavy atom. The molecule has 244 valence electrons. The van der Waals surface area contributed by atoms with E-state index in [0.29, 0.717) is 22.5 Å². The molecule has 6 nitrogen and oxygen atoms in total. The number of aryl methyl sites for hydroxylation is 1. The molecule has 0 radical (unpaired) electrons. The molecule has 1 heterocycles. The minimum absolute atomic E-state index is 0.00278. The lowest BCUT2D eigenvalue weighted by molar-refractivity contribution is -0.118. The number of aliphatic hydroxyl groups is 1. The zero-order chi connectivity index (χ0) is 33.9. The molecule has 0 aromatic heterocycles. The van der Waals surface area contributed by atoms with E-state index in [1.165, 1.54) is 29.2 Å². The van der Waals surface area contributed by atoms with Gasteiger partial charge in [0, 0.05) is 23.9 Å². The molecule has 0 spiro atoms. The lowest BCUT2D eigenvalue weighted by Gasteiger charge is -2.33. The summed E-state index contributed by atoms with van der Waals surface area (Å²) in [6.45, 7) is 9.41. The maximum Gasteiger partial charge on any atom is 0.232 e. The van der Waals surface area contributed by atoms with Crippen LogP contribution in [0, 0.1) is 29.8 Å². The first-order valence-electron chi connectivity index (χ1n) is 15.2. The zero-order valence-corrected chi connectivity index (χ0v) is 26.5. The standard InChI is InChI=1S/C38H37F3N2O4/c1-5-27-32(20-38(3,4)22-44)42-36-33(11-8-12-34(36)45)43(35(46)18-25-10-7-6-9-23(25)2)37(27)28-15-14-26(19-30(28)40)47-21-24-13-16-29(39)31(41)17-24/h5-17,19,37,42,44-45H,1,18,20-22H2,2-4H3. The Morgan fingerprint density at radius 3 is 2.45 bits per heavy atom. The van der Waals surface area contributed by atoms with Crippen molar-refractivity contribution in [2.24, 2.45) is 5.41 Å². The maximum absolute atomic E-state index is 16.3. The van der Waals surface area contributed by atoms with E-state index in [-0.39, 0.29) is 54.7 Å². The summed E-state index contributed by atoms with van der Waals surface area (Å²) in [7, 11) is 0. The Balaban J connectivity index is 1.65. The number of fused-ring (bicyclic) bond motifs is 1. The van der Waals surface area contributed by atoms with Crippen molar-refractivity contribution in [3.05, 3.63) is 142 Å². The number of anilines is 2. The first-order chi connectivity index (χ1) is 22.4. The van der Waals surface area contributed by atoms with E-state index in [9.17, 15) is 23.8 Å². The number of amides is 1. The van der Waals surface area contributed by atoms with Crippen LogP contribution in [0.3, 0.4) is 0 Å². The van der Waals surface area contributed by atoms with E-state index >= 15 is 4.39 Å². The summed E-state index contributed by atoms with van der Waals surface area (Å²) in [6, 6.07) is 18.9. The molecule has 1 aliphatic heterocycles. The monoisotopic (exact) mass is 642 g/mol. The Bertz CT molecular complexity index is 1850. The third-order valence-corrected chi connectivity index (χ3v) is 8.29. The van der Waals surface area contributed by atoms with Gasteiger partial charge in [0.2, 0.25) is 5.91 Å². The van der Waals surface area contributed by atoms with Gasteiger partial charge < -0.3 is 20.3 Å². The molecule has 0 saturated carbocycles. The normalized spacial score (nSPS) is 14.7. The number of allylic oxidation sites excluding steroid dienone is 1. The van der Waals surface area contributed by atoms with Crippen LogP contribution < -0.4 is 15.0 Å². The van der Waals surface area contributed by atoms with Gasteiger partial charge in [0.15, 0.2) is 11.6 Å².